The number of piperazine rings is 1. The van der Waals surface area contributed by atoms with Gasteiger partial charge in [-0.15, -0.1) is 0 Å². The third-order valence-electron chi connectivity index (χ3n) is 4.31. The Morgan fingerprint density at radius 2 is 1.74 bits per heavy atom. The van der Waals surface area contributed by atoms with Crippen molar-refractivity contribution in [3.8, 4) is 11.5 Å². The van der Waals surface area contributed by atoms with Crippen molar-refractivity contribution < 1.29 is 22.6 Å². The smallest absolute Gasteiger partial charge is 0.403 e. The molecule has 1 aromatic carbocycles. The van der Waals surface area contributed by atoms with E-state index in [-0.39, 0.29) is 0 Å². The Bertz CT molecular complexity index is 515. The van der Waals surface area contributed by atoms with Crippen LogP contribution in [0.2, 0.25) is 0 Å². The minimum atomic E-state index is -4.17. The molecular weight excluding hydrogens is 309 g/mol. The molecule has 0 unspecified atom stereocenters. The van der Waals surface area contributed by atoms with Gasteiger partial charge in [0.15, 0.2) is 0 Å². The average molecular weight is 332 g/mol. The Morgan fingerprint density at radius 3 is 2.26 bits per heavy atom. The maximum absolute atomic E-state index is 12.8. The molecule has 0 aliphatic carbocycles. The van der Waals surface area contributed by atoms with Crippen LogP contribution in [0.1, 0.15) is 12.5 Å². The Balaban J connectivity index is 1.97. The van der Waals surface area contributed by atoms with E-state index in [1.807, 2.05) is 18.2 Å². The van der Waals surface area contributed by atoms with Gasteiger partial charge in [-0.2, -0.15) is 13.2 Å². The molecular formula is C16H23F3N2O2. The Kier molecular flexibility index (Phi) is 5.75. The number of methoxy groups -OCH3 is 2. The molecule has 1 aromatic rings. The van der Waals surface area contributed by atoms with Gasteiger partial charge in [-0.05, 0) is 25.1 Å². The maximum Gasteiger partial charge on any atom is 0.403 e. The summed E-state index contributed by atoms with van der Waals surface area (Å²) in [6, 6.07) is 4.18. The van der Waals surface area contributed by atoms with Crippen LogP contribution < -0.4 is 9.47 Å². The van der Waals surface area contributed by atoms with Gasteiger partial charge in [-0.3, -0.25) is 9.80 Å². The highest BCUT2D eigenvalue weighted by Crippen LogP contribution is 2.27. The molecule has 7 heteroatoms. The molecule has 0 bridgehead atoms. The standard InChI is InChI=1S/C16H23F3N2O2/c1-12(16(17,18)19)21-8-6-20(7-9-21)11-13-10-14(22-2)4-5-15(13)23-3/h4-5,10,12H,6-9,11H2,1-3H3/t12-/m0/s1. The van der Waals surface area contributed by atoms with Gasteiger partial charge >= 0.3 is 6.18 Å². The summed E-state index contributed by atoms with van der Waals surface area (Å²) in [7, 11) is 3.21. The van der Waals surface area contributed by atoms with E-state index in [2.05, 4.69) is 4.90 Å². The first-order valence-corrected chi connectivity index (χ1v) is 7.59. The normalized spacial score (nSPS) is 18.7. The van der Waals surface area contributed by atoms with Crippen molar-refractivity contribution in [2.45, 2.75) is 25.7 Å². The molecule has 1 saturated heterocycles. The van der Waals surface area contributed by atoms with E-state index in [4.69, 9.17) is 9.47 Å². The van der Waals surface area contributed by atoms with Gasteiger partial charge in [0.25, 0.3) is 0 Å². The second kappa shape index (κ2) is 7.40. The monoisotopic (exact) mass is 332 g/mol. The quantitative estimate of drug-likeness (QED) is 0.828. The lowest BCUT2D eigenvalue weighted by atomic mass is 10.1. The summed E-state index contributed by atoms with van der Waals surface area (Å²) in [5.74, 6) is 1.50. The van der Waals surface area contributed by atoms with Gasteiger partial charge in [0.1, 0.15) is 17.5 Å². The fourth-order valence-corrected chi connectivity index (χ4v) is 2.76. The Hall–Kier alpha value is -1.47. The molecule has 0 saturated carbocycles. The number of nitrogens with zero attached hydrogens (tertiary/aromatic N) is 2. The third kappa shape index (κ3) is 4.51. The first-order valence-electron chi connectivity index (χ1n) is 7.59. The predicted octanol–water partition coefficient (Wildman–Crippen LogP) is 2.77. The summed E-state index contributed by atoms with van der Waals surface area (Å²) in [6.45, 7) is 3.87. The molecule has 2 rings (SSSR count). The number of ether oxygens (including phenoxy) is 2. The summed E-state index contributed by atoms with van der Waals surface area (Å²) >= 11 is 0. The highest BCUT2D eigenvalue weighted by atomic mass is 19.4. The highest BCUT2D eigenvalue weighted by molar-refractivity contribution is 5.40. The van der Waals surface area contributed by atoms with Crippen LogP contribution in [0, 0.1) is 0 Å². The van der Waals surface area contributed by atoms with Gasteiger partial charge in [0.05, 0.1) is 14.2 Å². The summed E-state index contributed by atoms with van der Waals surface area (Å²) in [6.07, 6.45) is -4.17. The zero-order valence-electron chi connectivity index (χ0n) is 13.7. The van der Waals surface area contributed by atoms with Crippen molar-refractivity contribution in [1.82, 2.24) is 9.80 Å². The van der Waals surface area contributed by atoms with Crippen LogP contribution in [0.15, 0.2) is 18.2 Å². The molecule has 1 fully saturated rings. The summed E-state index contributed by atoms with van der Waals surface area (Å²) < 4.78 is 48.9. The van der Waals surface area contributed by atoms with Gasteiger partial charge in [0.2, 0.25) is 0 Å². The second-order valence-corrected chi connectivity index (χ2v) is 5.71. The minimum Gasteiger partial charge on any atom is -0.497 e. The Labute approximate surface area is 134 Å². The fourth-order valence-electron chi connectivity index (χ4n) is 2.76. The van der Waals surface area contributed by atoms with Gasteiger partial charge < -0.3 is 9.47 Å². The van der Waals surface area contributed by atoms with Crippen molar-refractivity contribution in [2.75, 3.05) is 40.4 Å². The lowest BCUT2D eigenvalue weighted by molar-refractivity contribution is -0.182. The van der Waals surface area contributed by atoms with Crippen molar-refractivity contribution in [2.24, 2.45) is 0 Å². The molecule has 0 radical (unpaired) electrons. The van der Waals surface area contributed by atoms with Gasteiger partial charge in [-0.1, -0.05) is 0 Å². The van der Waals surface area contributed by atoms with E-state index in [9.17, 15) is 13.2 Å². The molecule has 1 aliphatic rings. The van der Waals surface area contributed by atoms with Crippen LogP contribution in [0.3, 0.4) is 0 Å². The van der Waals surface area contributed by atoms with Gasteiger partial charge in [0, 0.05) is 38.3 Å². The summed E-state index contributed by atoms with van der Waals surface area (Å²) in [5, 5.41) is 0. The molecule has 0 N–H and O–H groups in total. The average Bonchev–Trinajstić information content (AvgIpc) is 2.54. The first kappa shape index (κ1) is 17.9. The number of benzene rings is 1. The van der Waals surface area contributed by atoms with Crippen LogP contribution in [0.25, 0.3) is 0 Å². The number of rotatable bonds is 5. The highest BCUT2D eigenvalue weighted by Gasteiger charge is 2.40. The maximum atomic E-state index is 12.8. The number of alkyl halides is 3. The topological polar surface area (TPSA) is 24.9 Å². The summed E-state index contributed by atoms with van der Waals surface area (Å²) in [4.78, 5) is 3.62. The van der Waals surface area contributed by atoms with Gasteiger partial charge in [-0.25, -0.2) is 0 Å². The second-order valence-electron chi connectivity index (χ2n) is 5.71. The summed E-state index contributed by atoms with van der Waals surface area (Å²) in [5.41, 5.74) is 0.976. The van der Waals surface area contributed by atoms with Crippen molar-refractivity contribution in [3.05, 3.63) is 23.8 Å². The number of halogens is 3. The van der Waals surface area contributed by atoms with E-state index in [1.165, 1.54) is 11.8 Å². The number of hydrogen-bond donors (Lipinski definition) is 0. The number of hydrogen-bond acceptors (Lipinski definition) is 4. The SMILES string of the molecule is COc1ccc(OC)c(CN2CCN([C@@H](C)C(F)(F)F)CC2)c1. The molecule has 1 aliphatic heterocycles. The van der Waals surface area contributed by atoms with Crippen LogP contribution in [-0.4, -0.2) is 62.4 Å². The predicted molar refractivity (Wildman–Crippen MR) is 81.9 cm³/mol. The Morgan fingerprint density at radius 1 is 1.09 bits per heavy atom. The van der Waals surface area contributed by atoms with E-state index in [1.54, 1.807) is 14.2 Å². The van der Waals surface area contributed by atoms with Crippen LogP contribution in [0.5, 0.6) is 11.5 Å². The van der Waals surface area contributed by atoms with Crippen molar-refractivity contribution >= 4 is 0 Å². The molecule has 130 valence electrons. The lowest BCUT2D eigenvalue weighted by Gasteiger charge is -2.38. The first-order chi connectivity index (χ1) is 10.8. The van der Waals surface area contributed by atoms with Crippen LogP contribution in [-0.2, 0) is 6.54 Å². The van der Waals surface area contributed by atoms with E-state index < -0.39 is 12.2 Å². The van der Waals surface area contributed by atoms with Crippen molar-refractivity contribution in [3.63, 3.8) is 0 Å². The minimum absolute atomic E-state index is 0.410. The molecule has 0 aromatic heterocycles. The molecule has 1 atom stereocenters. The largest absolute Gasteiger partial charge is 0.497 e. The zero-order chi connectivity index (χ0) is 17.0. The van der Waals surface area contributed by atoms with Crippen LogP contribution >= 0.6 is 0 Å². The van der Waals surface area contributed by atoms with E-state index in [0.717, 1.165) is 17.1 Å². The van der Waals surface area contributed by atoms with Crippen molar-refractivity contribution in [1.29, 1.82) is 0 Å². The fraction of sp³-hybridized carbons (Fsp3) is 0.625. The molecule has 4 nitrogen and oxygen atoms in total. The molecule has 23 heavy (non-hydrogen) atoms. The molecule has 0 spiro atoms. The van der Waals surface area contributed by atoms with Crippen LogP contribution in [0.4, 0.5) is 13.2 Å². The molecule has 1 heterocycles. The third-order valence-corrected chi connectivity index (χ3v) is 4.31. The van der Waals surface area contributed by atoms with E-state index >= 15 is 0 Å². The molecule has 0 amide bonds. The zero-order valence-corrected chi connectivity index (χ0v) is 13.7. The lowest BCUT2D eigenvalue weighted by Crippen LogP contribution is -2.53. The van der Waals surface area contributed by atoms with E-state index in [0.29, 0.717) is 32.7 Å².